The predicted molar refractivity (Wildman–Crippen MR) is 42.6 cm³/mol. The van der Waals surface area contributed by atoms with Gasteiger partial charge in [0.2, 0.25) is 0 Å². The third-order valence-corrected chi connectivity index (χ3v) is 3.74. The maximum atomic E-state index is 5.59. The van der Waals surface area contributed by atoms with E-state index in [-0.39, 0.29) is 20.9 Å². The Labute approximate surface area is 70.3 Å². The first-order valence-electron chi connectivity index (χ1n) is 2.67. The molecule has 48 valence electrons. The number of halogens is 1. The van der Waals surface area contributed by atoms with Gasteiger partial charge < -0.3 is 0 Å². The van der Waals surface area contributed by atoms with Crippen molar-refractivity contribution in [1.29, 1.82) is 0 Å². The number of alkyl halides is 1. The fraction of sp³-hybridized carbons (Fsp3) is 0.143. The van der Waals surface area contributed by atoms with Gasteiger partial charge in [0, 0.05) is 0 Å². The number of hydrogen-bond acceptors (Lipinski definition) is 0. The first kappa shape index (κ1) is 7.41. The molecule has 0 aromatic heterocycles. The van der Waals surface area contributed by atoms with Gasteiger partial charge in [0.05, 0.1) is 0 Å². The second-order valence-corrected chi connectivity index (χ2v) is 5.82. The van der Waals surface area contributed by atoms with Gasteiger partial charge in [-0.25, -0.2) is 0 Å². The molecule has 0 bridgehead atoms. The van der Waals surface area contributed by atoms with E-state index in [2.05, 4.69) is 24.3 Å². The van der Waals surface area contributed by atoms with E-state index >= 15 is 0 Å². The standard InChI is InChI=1S/C7H7ClTe/c8-6-9-7-4-2-1-3-5-7/h1-5H,6H2. The van der Waals surface area contributed by atoms with Crippen molar-refractivity contribution in [1.82, 2.24) is 0 Å². The van der Waals surface area contributed by atoms with Crippen molar-refractivity contribution in [2.45, 2.75) is 0 Å². The van der Waals surface area contributed by atoms with Crippen molar-refractivity contribution in [2.75, 3.05) is 3.93 Å². The molecule has 0 aliphatic heterocycles. The van der Waals surface area contributed by atoms with E-state index in [0.717, 1.165) is 3.93 Å². The molecule has 0 unspecified atom stereocenters. The van der Waals surface area contributed by atoms with Crippen LogP contribution < -0.4 is 3.61 Å². The number of rotatable bonds is 2. The second kappa shape index (κ2) is 4.17. The Bertz CT molecular complexity index is 162. The molecule has 0 fully saturated rings. The van der Waals surface area contributed by atoms with Crippen LogP contribution in [0, 0.1) is 0 Å². The fourth-order valence-corrected chi connectivity index (χ4v) is 2.78. The van der Waals surface area contributed by atoms with Gasteiger partial charge >= 0.3 is 70.4 Å². The Kier molecular flexibility index (Phi) is 3.43. The van der Waals surface area contributed by atoms with E-state index in [1.165, 1.54) is 3.61 Å². The first-order valence-corrected chi connectivity index (χ1v) is 6.02. The van der Waals surface area contributed by atoms with Gasteiger partial charge in [0.15, 0.2) is 0 Å². The van der Waals surface area contributed by atoms with Crippen LogP contribution in [-0.4, -0.2) is 24.9 Å². The third kappa shape index (κ3) is 2.58. The molecule has 1 aromatic rings. The molecule has 1 rings (SSSR count). The van der Waals surface area contributed by atoms with Crippen molar-refractivity contribution in [2.24, 2.45) is 0 Å². The van der Waals surface area contributed by atoms with Crippen LogP contribution in [0.4, 0.5) is 0 Å². The van der Waals surface area contributed by atoms with Gasteiger partial charge in [-0.1, -0.05) is 0 Å². The summed E-state index contributed by atoms with van der Waals surface area (Å²) in [6.07, 6.45) is 0. The minimum atomic E-state index is -0.0645. The zero-order chi connectivity index (χ0) is 6.53. The van der Waals surface area contributed by atoms with Crippen LogP contribution in [0.3, 0.4) is 0 Å². The first-order chi connectivity index (χ1) is 4.43. The van der Waals surface area contributed by atoms with Crippen LogP contribution in [0.5, 0.6) is 0 Å². The van der Waals surface area contributed by atoms with E-state index < -0.39 is 0 Å². The number of benzene rings is 1. The summed E-state index contributed by atoms with van der Waals surface area (Å²) in [6.45, 7) is 0. The van der Waals surface area contributed by atoms with Crippen molar-refractivity contribution in [3.8, 4) is 0 Å². The fourth-order valence-electron chi connectivity index (χ4n) is 0.580. The predicted octanol–water partition coefficient (Wildman–Crippen LogP) is 1.21. The summed E-state index contributed by atoms with van der Waals surface area (Å²) in [5.74, 6) is 0. The van der Waals surface area contributed by atoms with Crippen molar-refractivity contribution in [3.63, 3.8) is 0 Å². The molecule has 2 heteroatoms. The van der Waals surface area contributed by atoms with Gasteiger partial charge in [-0.2, -0.15) is 0 Å². The SMILES string of the molecule is ClC[Te]c1ccccc1. The molecule has 9 heavy (non-hydrogen) atoms. The molecule has 1 aromatic carbocycles. The summed E-state index contributed by atoms with van der Waals surface area (Å²) in [7, 11) is 0. The molecule has 0 nitrogen and oxygen atoms in total. The van der Waals surface area contributed by atoms with Gasteiger partial charge in [-0.05, 0) is 0 Å². The summed E-state index contributed by atoms with van der Waals surface area (Å²) >= 11 is 5.53. The summed E-state index contributed by atoms with van der Waals surface area (Å²) in [5.41, 5.74) is 0. The minimum absolute atomic E-state index is 0.0645. The van der Waals surface area contributed by atoms with Crippen LogP contribution in [-0.2, 0) is 0 Å². The van der Waals surface area contributed by atoms with Gasteiger partial charge in [-0.3, -0.25) is 0 Å². The van der Waals surface area contributed by atoms with Crippen LogP contribution in [0.25, 0.3) is 0 Å². The Hall–Kier alpha value is 0.300. The molecule has 0 radical (unpaired) electrons. The Morgan fingerprint density at radius 2 is 1.89 bits per heavy atom. The summed E-state index contributed by atoms with van der Waals surface area (Å²) in [4.78, 5) is 0. The Balaban J connectivity index is 2.61. The Morgan fingerprint density at radius 1 is 1.22 bits per heavy atom. The number of hydrogen-bond donors (Lipinski definition) is 0. The summed E-state index contributed by atoms with van der Waals surface area (Å²) in [6, 6.07) is 10.4. The third-order valence-electron chi connectivity index (χ3n) is 0.964. The van der Waals surface area contributed by atoms with Gasteiger partial charge in [-0.15, -0.1) is 0 Å². The van der Waals surface area contributed by atoms with E-state index in [4.69, 9.17) is 11.6 Å². The Morgan fingerprint density at radius 3 is 2.44 bits per heavy atom. The quantitative estimate of drug-likeness (QED) is 0.550. The molecule has 0 spiro atoms. The molecular formula is C7H7ClTe. The molecule has 0 aliphatic carbocycles. The molecule has 0 amide bonds. The molecule has 0 N–H and O–H groups in total. The van der Waals surface area contributed by atoms with E-state index in [1.54, 1.807) is 0 Å². The van der Waals surface area contributed by atoms with E-state index in [9.17, 15) is 0 Å². The van der Waals surface area contributed by atoms with Crippen LogP contribution >= 0.6 is 11.6 Å². The average molecular weight is 254 g/mol. The molecule has 0 atom stereocenters. The van der Waals surface area contributed by atoms with Crippen LogP contribution in [0.15, 0.2) is 30.3 Å². The maximum absolute atomic E-state index is 5.59. The van der Waals surface area contributed by atoms with Crippen LogP contribution in [0.1, 0.15) is 0 Å². The zero-order valence-electron chi connectivity index (χ0n) is 4.88. The molecule has 0 aliphatic rings. The van der Waals surface area contributed by atoms with Crippen molar-refractivity contribution in [3.05, 3.63) is 30.3 Å². The molecule has 0 heterocycles. The van der Waals surface area contributed by atoms with Crippen molar-refractivity contribution < 1.29 is 0 Å². The monoisotopic (exact) mass is 256 g/mol. The summed E-state index contributed by atoms with van der Waals surface area (Å²) < 4.78 is 2.28. The summed E-state index contributed by atoms with van der Waals surface area (Å²) in [5, 5.41) is 0. The van der Waals surface area contributed by atoms with Gasteiger partial charge in [0.1, 0.15) is 0 Å². The second-order valence-electron chi connectivity index (χ2n) is 1.57. The average Bonchev–Trinajstić information content (AvgIpc) is 1.91. The topological polar surface area (TPSA) is 0 Å². The molecular weight excluding hydrogens is 247 g/mol. The normalized spacial score (nSPS) is 9.44. The van der Waals surface area contributed by atoms with E-state index in [0.29, 0.717) is 0 Å². The van der Waals surface area contributed by atoms with Gasteiger partial charge in [0.25, 0.3) is 0 Å². The molecule has 0 saturated carbocycles. The van der Waals surface area contributed by atoms with Crippen LogP contribution in [0.2, 0.25) is 0 Å². The zero-order valence-corrected chi connectivity index (χ0v) is 7.97. The van der Waals surface area contributed by atoms with E-state index in [1.807, 2.05) is 6.07 Å². The van der Waals surface area contributed by atoms with Crippen molar-refractivity contribution >= 4 is 36.1 Å². The molecule has 0 saturated heterocycles.